The molecule has 0 fully saturated rings. The molecule has 1 aromatic heterocycles. The monoisotopic (exact) mass is 310 g/mol. The quantitative estimate of drug-likeness (QED) is 0.698. The Bertz CT molecular complexity index is 579. The van der Waals surface area contributed by atoms with Gasteiger partial charge in [0.2, 0.25) is 0 Å². The zero-order valence-electron chi connectivity index (χ0n) is 12.7. The highest BCUT2D eigenvalue weighted by molar-refractivity contribution is 8.00. The molecular formula is C16H23ClN2S. The van der Waals surface area contributed by atoms with Crippen molar-refractivity contribution in [1.82, 2.24) is 9.55 Å². The van der Waals surface area contributed by atoms with Crippen molar-refractivity contribution in [2.45, 2.75) is 50.8 Å². The number of thioether (sulfide) groups is 1. The summed E-state index contributed by atoms with van der Waals surface area (Å²) in [6, 6.07) is 6.29. The zero-order valence-corrected chi connectivity index (χ0v) is 14.3. The van der Waals surface area contributed by atoms with E-state index in [1.165, 1.54) is 11.1 Å². The van der Waals surface area contributed by atoms with Gasteiger partial charge in [-0.25, -0.2) is 4.98 Å². The van der Waals surface area contributed by atoms with Crippen molar-refractivity contribution < 1.29 is 0 Å². The van der Waals surface area contributed by atoms with Crippen LogP contribution in [0.5, 0.6) is 0 Å². The van der Waals surface area contributed by atoms with Gasteiger partial charge in [0.1, 0.15) is 5.82 Å². The SMILES string of the molecule is CCC(CC)(Cn1c(CCl)nc2cccc(C)c21)SC. The molecule has 0 saturated carbocycles. The molecule has 0 saturated heterocycles. The first kappa shape index (κ1) is 15.7. The number of benzene rings is 1. The summed E-state index contributed by atoms with van der Waals surface area (Å²) in [6.45, 7) is 7.67. The molecule has 0 N–H and O–H groups in total. The average molecular weight is 311 g/mol. The number of rotatable bonds is 6. The third-order valence-electron chi connectivity index (χ3n) is 4.33. The topological polar surface area (TPSA) is 17.8 Å². The normalized spacial score (nSPS) is 12.2. The minimum atomic E-state index is 0.261. The summed E-state index contributed by atoms with van der Waals surface area (Å²) in [5.74, 6) is 1.45. The molecule has 1 heterocycles. The Morgan fingerprint density at radius 2 is 2.00 bits per heavy atom. The third kappa shape index (κ3) is 2.71. The summed E-state index contributed by atoms with van der Waals surface area (Å²) in [7, 11) is 0. The number of imidazole rings is 1. The van der Waals surface area contributed by atoms with Gasteiger partial charge in [-0.05, 0) is 37.7 Å². The lowest BCUT2D eigenvalue weighted by Gasteiger charge is -2.31. The summed E-state index contributed by atoms with van der Waals surface area (Å²) in [6.07, 6.45) is 4.51. The van der Waals surface area contributed by atoms with Gasteiger partial charge in [0.15, 0.2) is 0 Å². The molecule has 0 radical (unpaired) electrons. The molecule has 0 aliphatic rings. The average Bonchev–Trinajstić information content (AvgIpc) is 2.84. The molecule has 2 nitrogen and oxygen atoms in total. The number of fused-ring (bicyclic) bond motifs is 1. The van der Waals surface area contributed by atoms with Gasteiger partial charge in [-0.3, -0.25) is 0 Å². The van der Waals surface area contributed by atoms with Gasteiger partial charge in [-0.1, -0.05) is 26.0 Å². The smallest absolute Gasteiger partial charge is 0.124 e. The lowest BCUT2D eigenvalue weighted by Crippen LogP contribution is -2.29. The third-order valence-corrected chi connectivity index (χ3v) is 6.15. The molecule has 0 amide bonds. The van der Waals surface area contributed by atoms with Crippen LogP contribution < -0.4 is 0 Å². The molecule has 0 aliphatic heterocycles. The molecule has 0 bridgehead atoms. The van der Waals surface area contributed by atoms with Crippen LogP contribution in [0.4, 0.5) is 0 Å². The van der Waals surface area contributed by atoms with Crippen LogP contribution in [0.25, 0.3) is 11.0 Å². The van der Waals surface area contributed by atoms with Crippen LogP contribution in [-0.2, 0) is 12.4 Å². The number of hydrogen-bond donors (Lipinski definition) is 0. The molecule has 2 aromatic rings. The van der Waals surface area contributed by atoms with Crippen LogP contribution in [-0.4, -0.2) is 20.6 Å². The summed E-state index contributed by atoms with van der Waals surface area (Å²) in [5.41, 5.74) is 3.57. The number of nitrogens with zero attached hydrogens (tertiary/aromatic N) is 2. The minimum absolute atomic E-state index is 0.261. The Morgan fingerprint density at radius 1 is 1.30 bits per heavy atom. The number of aryl methyl sites for hydroxylation is 1. The zero-order chi connectivity index (χ0) is 14.8. The highest BCUT2D eigenvalue weighted by Crippen LogP contribution is 2.34. The summed E-state index contributed by atoms with van der Waals surface area (Å²) in [4.78, 5) is 4.70. The Morgan fingerprint density at radius 3 is 2.55 bits per heavy atom. The lowest BCUT2D eigenvalue weighted by molar-refractivity contribution is 0.466. The molecular weight excluding hydrogens is 288 g/mol. The van der Waals surface area contributed by atoms with Crippen molar-refractivity contribution in [2.75, 3.05) is 6.26 Å². The van der Waals surface area contributed by atoms with E-state index < -0.39 is 0 Å². The molecule has 0 atom stereocenters. The van der Waals surface area contributed by atoms with Gasteiger partial charge >= 0.3 is 0 Å². The Hall–Kier alpha value is -0.670. The van der Waals surface area contributed by atoms with Crippen molar-refractivity contribution in [2.24, 2.45) is 0 Å². The number of para-hydroxylation sites is 1. The minimum Gasteiger partial charge on any atom is -0.325 e. The van der Waals surface area contributed by atoms with E-state index in [1.54, 1.807) is 0 Å². The largest absolute Gasteiger partial charge is 0.325 e. The molecule has 4 heteroatoms. The maximum atomic E-state index is 6.12. The summed E-state index contributed by atoms with van der Waals surface area (Å²) < 4.78 is 2.60. The second-order valence-electron chi connectivity index (χ2n) is 5.28. The maximum absolute atomic E-state index is 6.12. The molecule has 0 spiro atoms. The van der Waals surface area contributed by atoms with Crippen molar-refractivity contribution in [3.63, 3.8) is 0 Å². The van der Waals surface area contributed by atoms with E-state index >= 15 is 0 Å². The van der Waals surface area contributed by atoms with E-state index in [-0.39, 0.29) is 4.75 Å². The van der Waals surface area contributed by atoms with Crippen molar-refractivity contribution in [3.8, 4) is 0 Å². The summed E-state index contributed by atoms with van der Waals surface area (Å²) >= 11 is 8.08. The van der Waals surface area contributed by atoms with Crippen LogP contribution in [0.15, 0.2) is 18.2 Å². The predicted molar refractivity (Wildman–Crippen MR) is 90.9 cm³/mol. The van der Waals surface area contributed by atoms with Crippen LogP contribution >= 0.6 is 23.4 Å². The van der Waals surface area contributed by atoms with Gasteiger partial charge in [0, 0.05) is 11.3 Å². The van der Waals surface area contributed by atoms with Crippen LogP contribution in [0.1, 0.15) is 38.1 Å². The lowest BCUT2D eigenvalue weighted by atomic mass is 10.0. The molecule has 0 unspecified atom stereocenters. The maximum Gasteiger partial charge on any atom is 0.124 e. The number of hydrogen-bond acceptors (Lipinski definition) is 2. The fourth-order valence-corrected chi connectivity index (χ4v) is 3.84. The number of halogens is 1. The van der Waals surface area contributed by atoms with E-state index in [1.807, 2.05) is 11.8 Å². The van der Waals surface area contributed by atoms with Crippen LogP contribution in [0, 0.1) is 6.92 Å². The Kier molecular flexibility index (Phi) is 5.03. The number of alkyl halides is 1. The molecule has 20 heavy (non-hydrogen) atoms. The van der Waals surface area contributed by atoms with Crippen molar-refractivity contribution in [3.05, 3.63) is 29.6 Å². The Labute approximate surface area is 130 Å². The fraction of sp³-hybridized carbons (Fsp3) is 0.562. The van der Waals surface area contributed by atoms with Crippen molar-refractivity contribution in [1.29, 1.82) is 0 Å². The van der Waals surface area contributed by atoms with E-state index in [4.69, 9.17) is 16.6 Å². The second kappa shape index (κ2) is 6.40. The standard InChI is InChI=1S/C16H23ClN2S/c1-5-16(6-2,20-4)11-19-14(10-17)18-13-9-7-8-12(3)15(13)19/h7-9H,5-6,10-11H2,1-4H3. The van der Waals surface area contributed by atoms with Crippen molar-refractivity contribution >= 4 is 34.4 Å². The molecule has 2 rings (SSSR count). The highest BCUT2D eigenvalue weighted by Gasteiger charge is 2.27. The second-order valence-corrected chi connectivity index (χ2v) is 6.83. The molecule has 110 valence electrons. The Balaban J connectivity index is 2.57. The summed E-state index contributed by atoms with van der Waals surface area (Å²) in [5, 5.41) is 0. The van der Waals surface area contributed by atoms with Crippen LogP contribution in [0.2, 0.25) is 0 Å². The molecule has 0 aliphatic carbocycles. The predicted octanol–water partition coefficient (Wildman–Crippen LogP) is 5.01. The first-order valence-corrected chi connectivity index (χ1v) is 8.92. The fourth-order valence-electron chi connectivity index (χ4n) is 2.80. The number of aromatic nitrogens is 2. The van der Waals surface area contributed by atoms with Gasteiger partial charge < -0.3 is 4.57 Å². The highest BCUT2D eigenvalue weighted by atomic mass is 35.5. The van der Waals surface area contributed by atoms with Gasteiger partial charge in [-0.2, -0.15) is 11.8 Å². The molecule has 1 aromatic carbocycles. The first-order valence-electron chi connectivity index (χ1n) is 7.16. The van der Waals surface area contributed by atoms with E-state index in [9.17, 15) is 0 Å². The van der Waals surface area contributed by atoms with Gasteiger partial charge in [0.25, 0.3) is 0 Å². The van der Waals surface area contributed by atoms with E-state index in [0.29, 0.717) is 5.88 Å². The van der Waals surface area contributed by atoms with Gasteiger partial charge in [-0.15, -0.1) is 11.6 Å². The van der Waals surface area contributed by atoms with Gasteiger partial charge in [0.05, 0.1) is 16.9 Å². The van der Waals surface area contributed by atoms with E-state index in [2.05, 4.69) is 49.8 Å². The van der Waals surface area contributed by atoms with E-state index in [0.717, 1.165) is 30.7 Å². The van der Waals surface area contributed by atoms with Crippen LogP contribution in [0.3, 0.4) is 0 Å². The first-order chi connectivity index (χ1) is 9.60.